The Morgan fingerprint density at radius 2 is 1.88 bits per heavy atom. The molecule has 136 valence electrons. The number of hydroxylamine groups is 1. The van der Waals surface area contributed by atoms with E-state index in [2.05, 4.69) is 9.97 Å². The molecule has 0 bridgehead atoms. The molecule has 6 nitrogen and oxygen atoms in total. The predicted molar refractivity (Wildman–Crippen MR) is 84.7 cm³/mol. The summed E-state index contributed by atoms with van der Waals surface area (Å²) in [7, 11) is 0. The van der Waals surface area contributed by atoms with Gasteiger partial charge in [-0.15, -0.1) is 0 Å². The number of hydrogen-bond acceptors (Lipinski definition) is 5. The maximum absolute atomic E-state index is 12.7. The molecular formula is C17H15F3N4O2. The van der Waals surface area contributed by atoms with E-state index in [4.69, 9.17) is 5.21 Å². The average molecular weight is 364 g/mol. The third-order valence-electron chi connectivity index (χ3n) is 5.22. The minimum absolute atomic E-state index is 0.137. The number of nitrogens with one attached hydrogen (secondary N) is 1. The van der Waals surface area contributed by atoms with Crippen LogP contribution in [0, 0.1) is 5.92 Å². The number of benzene rings is 1. The van der Waals surface area contributed by atoms with Gasteiger partial charge in [0, 0.05) is 30.9 Å². The van der Waals surface area contributed by atoms with Crippen molar-refractivity contribution >= 4 is 11.9 Å². The summed E-state index contributed by atoms with van der Waals surface area (Å²) in [5.41, 5.74) is 1.74. The fourth-order valence-corrected chi connectivity index (χ4v) is 3.74. The molecule has 1 aromatic carbocycles. The van der Waals surface area contributed by atoms with Crippen LogP contribution in [0.15, 0.2) is 36.7 Å². The molecule has 2 fully saturated rings. The monoisotopic (exact) mass is 364 g/mol. The maximum atomic E-state index is 12.7. The average Bonchev–Trinajstić information content (AvgIpc) is 3.22. The van der Waals surface area contributed by atoms with Gasteiger partial charge < -0.3 is 4.90 Å². The van der Waals surface area contributed by atoms with Crippen LogP contribution in [0.2, 0.25) is 0 Å². The Kier molecular flexibility index (Phi) is 3.65. The minimum atomic E-state index is -4.34. The Morgan fingerprint density at radius 1 is 1.23 bits per heavy atom. The number of piperidine rings is 1. The molecule has 1 saturated carbocycles. The number of hydrogen-bond donors (Lipinski definition) is 2. The SMILES string of the molecule is O=C(NO)c1cnc(N2C[C@H]3C[C@@]3(c3ccc(C(F)(F)F)cc3)C2)nc1. The van der Waals surface area contributed by atoms with Crippen LogP contribution in [0.1, 0.15) is 27.9 Å². The van der Waals surface area contributed by atoms with E-state index < -0.39 is 17.6 Å². The first-order valence-corrected chi connectivity index (χ1v) is 8.03. The summed E-state index contributed by atoms with van der Waals surface area (Å²) >= 11 is 0. The lowest BCUT2D eigenvalue weighted by Crippen LogP contribution is -2.28. The zero-order valence-corrected chi connectivity index (χ0v) is 13.5. The van der Waals surface area contributed by atoms with E-state index in [0.29, 0.717) is 25.0 Å². The first kappa shape index (κ1) is 16.8. The Hall–Kier alpha value is -2.68. The molecule has 26 heavy (non-hydrogen) atoms. The van der Waals surface area contributed by atoms with Crippen molar-refractivity contribution in [3.63, 3.8) is 0 Å². The van der Waals surface area contributed by atoms with E-state index in [1.807, 2.05) is 4.90 Å². The van der Waals surface area contributed by atoms with Gasteiger partial charge in [-0.05, 0) is 30.0 Å². The molecule has 4 rings (SSSR count). The van der Waals surface area contributed by atoms with Crippen molar-refractivity contribution in [3.05, 3.63) is 53.3 Å². The summed E-state index contributed by atoms with van der Waals surface area (Å²) in [5, 5.41) is 8.60. The highest BCUT2D eigenvalue weighted by molar-refractivity contribution is 5.92. The van der Waals surface area contributed by atoms with Gasteiger partial charge in [0.15, 0.2) is 0 Å². The fourth-order valence-electron chi connectivity index (χ4n) is 3.74. The number of carbonyl (C=O) groups excluding carboxylic acids is 1. The van der Waals surface area contributed by atoms with Gasteiger partial charge in [0.1, 0.15) is 0 Å². The highest BCUT2D eigenvalue weighted by atomic mass is 19.4. The van der Waals surface area contributed by atoms with Gasteiger partial charge in [0.2, 0.25) is 5.95 Å². The van der Waals surface area contributed by atoms with Crippen molar-refractivity contribution < 1.29 is 23.2 Å². The molecule has 2 aliphatic rings. The zero-order valence-electron chi connectivity index (χ0n) is 13.5. The summed E-state index contributed by atoms with van der Waals surface area (Å²) in [4.78, 5) is 21.6. The number of rotatable bonds is 3. The van der Waals surface area contributed by atoms with Crippen molar-refractivity contribution in [1.82, 2.24) is 15.4 Å². The van der Waals surface area contributed by atoms with Crippen LogP contribution in [0.4, 0.5) is 19.1 Å². The van der Waals surface area contributed by atoms with Crippen molar-refractivity contribution in [3.8, 4) is 0 Å². The fraction of sp³-hybridized carbons (Fsp3) is 0.353. The number of carbonyl (C=O) groups is 1. The molecule has 0 radical (unpaired) electrons. The van der Waals surface area contributed by atoms with Gasteiger partial charge in [-0.2, -0.15) is 13.2 Å². The van der Waals surface area contributed by atoms with Gasteiger partial charge in [-0.3, -0.25) is 10.0 Å². The highest BCUT2D eigenvalue weighted by Crippen LogP contribution is 2.59. The second-order valence-electron chi connectivity index (χ2n) is 6.73. The molecule has 0 spiro atoms. The highest BCUT2D eigenvalue weighted by Gasteiger charge is 2.61. The molecule has 1 aromatic heterocycles. The van der Waals surface area contributed by atoms with Crippen molar-refractivity contribution in [2.45, 2.75) is 18.0 Å². The Morgan fingerprint density at radius 3 is 2.46 bits per heavy atom. The van der Waals surface area contributed by atoms with E-state index in [1.165, 1.54) is 17.9 Å². The topological polar surface area (TPSA) is 78.3 Å². The Bertz CT molecular complexity index is 839. The molecule has 9 heteroatoms. The lowest BCUT2D eigenvalue weighted by molar-refractivity contribution is -0.137. The quantitative estimate of drug-likeness (QED) is 0.646. The first-order chi connectivity index (χ1) is 12.3. The second-order valence-corrected chi connectivity index (χ2v) is 6.73. The largest absolute Gasteiger partial charge is 0.416 e. The molecule has 2 aromatic rings. The molecule has 1 aliphatic heterocycles. The Balaban J connectivity index is 1.51. The normalized spacial score (nSPS) is 24.3. The van der Waals surface area contributed by atoms with Crippen molar-refractivity contribution in [2.75, 3.05) is 18.0 Å². The van der Waals surface area contributed by atoms with Crippen LogP contribution in [-0.4, -0.2) is 34.2 Å². The van der Waals surface area contributed by atoms with E-state index >= 15 is 0 Å². The second kappa shape index (κ2) is 5.66. The molecule has 0 unspecified atom stereocenters. The maximum Gasteiger partial charge on any atom is 0.416 e. The van der Waals surface area contributed by atoms with Gasteiger partial charge >= 0.3 is 6.18 Å². The van der Waals surface area contributed by atoms with Gasteiger partial charge in [-0.1, -0.05) is 12.1 Å². The van der Waals surface area contributed by atoms with E-state index in [9.17, 15) is 18.0 Å². The molecule has 1 aliphatic carbocycles. The minimum Gasteiger partial charge on any atom is -0.340 e. The summed E-state index contributed by atoms with van der Waals surface area (Å²) in [6.07, 6.45) is -0.761. The lowest BCUT2D eigenvalue weighted by atomic mass is 9.94. The smallest absolute Gasteiger partial charge is 0.340 e. The van der Waals surface area contributed by atoms with Crippen LogP contribution in [-0.2, 0) is 11.6 Å². The molecule has 2 N–H and O–H groups in total. The third kappa shape index (κ3) is 2.68. The number of aromatic nitrogens is 2. The van der Waals surface area contributed by atoms with Crippen LogP contribution < -0.4 is 10.4 Å². The number of fused-ring (bicyclic) bond motifs is 1. The van der Waals surface area contributed by atoms with Crippen LogP contribution in [0.25, 0.3) is 0 Å². The van der Waals surface area contributed by atoms with Crippen LogP contribution in [0.3, 0.4) is 0 Å². The van der Waals surface area contributed by atoms with Gasteiger partial charge in [-0.25, -0.2) is 15.4 Å². The molecule has 2 atom stereocenters. The first-order valence-electron chi connectivity index (χ1n) is 8.03. The molecule has 1 amide bonds. The van der Waals surface area contributed by atoms with Gasteiger partial charge in [0.05, 0.1) is 11.1 Å². The molecule has 1 saturated heterocycles. The number of halogens is 3. The van der Waals surface area contributed by atoms with E-state index in [1.54, 1.807) is 12.1 Å². The zero-order chi connectivity index (χ0) is 18.5. The van der Waals surface area contributed by atoms with E-state index in [-0.39, 0.29) is 11.0 Å². The van der Waals surface area contributed by atoms with Crippen LogP contribution >= 0.6 is 0 Å². The standard InChI is InChI=1S/C17H15F3N4O2/c18-17(19,20)12-3-1-11(2-4-12)16-5-13(16)8-24(9-16)15-21-6-10(7-22-15)14(25)23-26/h1-4,6-7,13,26H,5,8-9H2,(H,23,25)/t13-,16+/m1/s1. The van der Waals surface area contributed by atoms with Crippen molar-refractivity contribution in [1.29, 1.82) is 0 Å². The van der Waals surface area contributed by atoms with Gasteiger partial charge in [0.25, 0.3) is 5.91 Å². The summed E-state index contributed by atoms with van der Waals surface area (Å²) in [6, 6.07) is 5.37. The van der Waals surface area contributed by atoms with Crippen LogP contribution in [0.5, 0.6) is 0 Å². The number of amides is 1. The lowest BCUT2D eigenvalue weighted by Gasteiger charge is -2.21. The molecule has 2 heterocycles. The van der Waals surface area contributed by atoms with Crippen molar-refractivity contribution in [2.24, 2.45) is 5.92 Å². The molecular weight excluding hydrogens is 349 g/mol. The number of alkyl halides is 3. The number of nitrogens with zero attached hydrogens (tertiary/aromatic N) is 3. The predicted octanol–water partition coefficient (Wildman–Crippen LogP) is 2.39. The summed E-state index contributed by atoms with van der Waals surface area (Å²) < 4.78 is 38.2. The summed E-state index contributed by atoms with van der Waals surface area (Å²) in [5.74, 6) is 0.114. The third-order valence-corrected chi connectivity index (χ3v) is 5.22. The summed E-state index contributed by atoms with van der Waals surface area (Å²) in [6.45, 7) is 1.33. The Labute approximate surface area is 146 Å². The van der Waals surface area contributed by atoms with E-state index in [0.717, 1.165) is 24.1 Å². The number of anilines is 1.